The second-order valence-electron chi connectivity index (χ2n) is 8.61. The summed E-state index contributed by atoms with van der Waals surface area (Å²) in [5.41, 5.74) is -3.74. The van der Waals surface area contributed by atoms with Gasteiger partial charge in [-0.2, -0.15) is 5.09 Å². The zero-order valence-electron chi connectivity index (χ0n) is 22.8. The molecule has 3 rings (SSSR count). The van der Waals surface area contributed by atoms with Crippen LogP contribution in [0.15, 0.2) is 42.0 Å². The Kier molecular flexibility index (Phi) is 7.38. The highest BCUT2D eigenvalue weighted by molar-refractivity contribution is 7.52. The largest absolute Gasteiger partial charge is 0.462 e. The number of amides is 2. The van der Waals surface area contributed by atoms with Crippen LogP contribution in [0.3, 0.4) is 0 Å². The number of esters is 1. The first kappa shape index (κ1) is 23.7. The van der Waals surface area contributed by atoms with Gasteiger partial charge in [-0.05, 0) is 45.3 Å². The number of imide groups is 1. The molecule has 2 heterocycles. The Hall–Kier alpha value is -2.63. The molecule has 1 fully saturated rings. The van der Waals surface area contributed by atoms with Crippen LogP contribution in [0.2, 0.25) is 0 Å². The summed E-state index contributed by atoms with van der Waals surface area (Å²) in [6.45, 7) is 0.245. The molecule has 0 aromatic heterocycles. The molecule has 0 radical (unpaired) electrons. The predicted molar refractivity (Wildman–Crippen MR) is 124 cm³/mol. The van der Waals surface area contributed by atoms with Gasteiger partial charge in [-0.3, -0.25) is 24.2 Å². The minimum absolute atomic E-state index is 0.0720. The molecule has 0 aliphatic carbocycles. The third-order valence-corrected chi connectivity index (χ3v) is 6.83. The molecule has 13 heteroatoms. The van der Waals surface area contributed by atoms with Gasteiger partial charge in [0, 0.05) is 10.2 Å². The van der Waals surface area contributed by atoms with Crippen LogP contribution in [-0.4, -0.2) is 65.6 Å². The Morgan fingerprint density at radius 2 is 2.06 bits per heavy atom. The van der Waals surface area contributed by atoms with Crippen molar-refractivity contribution < 1.29 is 51.1 Å². The highest BCUT2D eigenvalue weighted by Gasteiger charge is 2.56. The topological polar surface area (TPSA) is 149 Å². The van der Waals surface area contributed by atoms with E-state index in [0.717, 1.165) is 6.08 Å². The van der Waals surface area contributed by atoms with E-state index in [1.165, 1.54) is 19.1 Å². The van der Waals surface area contributed by atoms with E-state index in [9.17, 15) is 24.1 Å². The van der Waals surface area contributed by atoms with Gasteiger partial charge in [-0.25, -0.2) is 8.96 Å². The number of carbonyl (C=O) groups excluding carboxylic acids is 3. The first-order chi connectivity index (χ1) is 18.1. The van der Waals surface area contributed by atoms with Crippen molar-refractivity contribution >= 4 is 25.5 Å². The van der Waals surface area contributed by atoms with E-state index < -0.39 is 81.5 Å². The molecule has 2 amide bonds. The normalized spacial score (nSPS) is 30.3. The van der Waals surface area contributed by atoms with Crippen molar-refractivity contribution in [1.29, 1.82) is 0 Å². The molecule has 36 heavy (non-hydrogen) atoms. The van der Waals surface area contributed by atoms with Crippen LogP contribution >= 0.6 is 7.75 Å². The monoisotopic (exact) mass is 532 g/mol. The number of halogens is 1. The van der Waals surface area contributed by atoms with Crippen LogP contribution in [0, 0.1) is 0 Å². The molecular formula is C23H30FN2O9P. The summed E-state index contributed by atoms with van der Waals surface area (Å²) < 4.78 is 74.4. The van der Waals surface area contributed by atoms with Crippen molar-refractivity contribution in [3.8, 4) is 5.75 Å². The Morgan fingerprint density at radius 1 is 1.36 bits per heavy atom. The second-order valence-corrected chi connectivity index (χ2v) is 10.3. The number of hydrogen-bond acceptors (Lipinski definition) is 9. The maximum atomic E-state index is 16.1. The van der Waals surface area contributed by atoms with E-state index >= 15 is 4.39 Å². The fourth-order valence-corrected chi connectivity index (χ4v) is 5.06. The molecule has 2 aliphatic rings. The number of nitrogens with one attached hydrogen (secondary N) is 2. The van der Waals surface area contributed by atoms with Crippen LogP contribution in [0.25, 0.3) is 0 Å². The third-order valence-electron chi connectivity index (χ3n) is 5.19. The zero-order valence-corrected chi connectivity index (χ0v) is 20.7. The number of alkyl halides is 1. The highest BCUT2D eigenvalue weighted by Crippen LogP contribution is 2.47. The van der Waals surface area contributed by atoms with E-state index in [1.807, 2.05) is 5.32 Å². The maximum absolute atomic E-state index is 16.1. The molecule has 198 valence electrons. The van der Waals surface area contributed by atoms with Crippen molar-refractivity contribution in [3.05, 3.63) is 42.0 Å². The lowest BCUT2D eigenvalue weighted by Gasteiger charge is -2.27. The first-order valence-electron chi connectivity index (χ1n) is 12.6. The SMILES string of the molecule is [2H][13C]([2H])([2H])[C@@]1(F)[C@H](O)[C@@H](COP(=O)(N[C@@H](C)C(=O)OC(C)C)Oc2ccccc2)O[C@H]1C1=CC(=O)NC(=O)C1. The molecule has 0 bridgehead atoms. The summed E-state index contributed by atoms with van der Waals surface area (Å²) in [5, 5.41) is 15.1. The Balaban J connectivity index is 1.86. The lowest BCUT2D eigenvalue weighted by molar-refractivity contribution is -0.149. The van der Waals surface area contributed by atoms with Crippen molar-refractivity contribution in [1.82, 2.24) is 10.4 Å². The van der Waals surface area contributed by atoms with Crippen molar-refractivity contribution in [2.45, 2.75) is 70.2 Å². The third kappa shape index (κ3) is 6.77. The molecule has 1 aromatic rings. The maximum Gasteiger partial charge on any atom is 0.459 e. The summed E-state index contributed by atoms with van der Waals surface area (Å²) in [6, 6.07) is 6.51. The number of para-hydroxylation sites is 1. The minimum atomic E-state index is -4.47. The number of hydrogen-bond donors (Lipinski definition) is 3. The summed E-state index contributed by atoms with van der Waals surface area (Å²) >= 11 is 0. The smallest absolute Gasteiger partial charge is 0.459 e. The molecule has 11 nitrogen and oxygen atoms in total. The molecule has 1 unspecified atom stereocenters. The fourth-order valence-electron chi connectivity index (χ4n) is 3.56. The van der Waals surface area contributed by atoms with Gasteiger partial charge in [0.2, 0.25) is 5.91 Å². The Morgan fingerprint density at radius 3 is 2.67 bits per heavy atom. The molecular weight excluding hydrogens is 499 g/mol. The second kappa shape index (κ2) is 11.2. The van der Waals surface area contributed by atoms with E-state index in [0.29, 0.717) is 0 Å². The van der Waals surface area contributed by atoms with E-state index in [2.05, 4.69) is 5.09 Å². The molecule has 0 spiro atoms. The molecule has 6 atom stereocenters. The number of ether oxygens (including phenoxy) is 2. The average molecular weight is 532 g/mol. The summed E-state index contributed by atoms with van der Waals surface area (Å²) in [6.07, 6.45) is -6.30. The van der Waals surface area contributed by atoms with Crippen molar-refractivity contribution in [3.63, 3.8) is 0 Å². The van der Waals surface area contributed by atoms with Crippen LogP contribution in [-0.2, 0) is 32.9 Å². The number of carbonyl (C=O) groups is 3. The molecule has 0 saturated carbocycles. The van der Waals surface area contributed by atoms with E-state index in [1.54, 1.807) is 32.0 Å². The van der Waals surface area contributed by atoms with Gasteiger partial charge in [0.1, 0.15) is 30.1 Å². The van der Waals surface area contributed by atoms with Gasteiger partial charge in [0.25, 0.3) is 5.91 Å². The van der Waals surface area contributed by atoms with Gasteiger partial charge in [0.15, 0.2) is 5.67 Å². The fraction of sp³-hybridized carbons (Fsp3) is 0.522. The lowest BCUT2D eigenvalue weighted by atomic mass is 9.91. The summed E-state index contributed by atoms with van der Waals surface area (Å²) in [7, 11) is -4.47. The number of aliphatic hydroxyl groups excluding tert-OH is 1. The average Bonchev–Trinajstić information content (AvgIpc) is 3.08. The number of aliphatic hydroxyl groups is 1. The van der Waals surface area contributed by atoms with Crippen molar-refractivity contribution in [2.75, 3.05) is 6.61 Å². The number of benzene rings is 1. The van der Waals surface area contributed by atoms with Gasteiger partial charge >= 0.3 is 13.7 Å². The lowest BCUT2D eigenvalue weighted by Crippen LogP contribution is -2.45. The minimum Gasteiger partial charge on any atom is -0.462 e. The van der Waals surface area contributed by atoms with E-state index in [-0.39, 0.29) is 11.3 Å². The zero-order chi connectivity index (χ0) is 29.2. The molecule has 1 saturated heterocycles. The van der Waals surface area contributed by atoms with Crippen molar-refractivity contribution in [2.24, 2.45) is 0 Å². The first-order valence-corrected chi connectivity index (χ1v) is 12.6. The van der Waals surface area contributed by atoms with Crippen LogP contribution in [0.5, 0.6) is 5.75 Å². The van der Waals surface area contributed by atoms with Gasteiger partial charge in [0.05, 0.1) is 19.1 Å². The van der Waals surface area contributed by atoms with Gasteiger partial charge < -0.3 is 19.1 Å². The van der Waals surface area contributed by atoms with Crippen LogP contribution < -0.4 is 14.9 Å². The molecule has 2 aliphatic heterocycles. The number of rotatable bonds is 10. The van der Waals surface area contributed by atoms with Crippen LogP contribution in [0.4, 0.5) is 4.39 Å². The molecule has 3 N–H and O–H groups in total. The van der Waals surface area contributed by atoms with E-state index in [4.69, 9.17) is 22.6 Å². The predicted octanol–water partition coefficient (Wildman–Crippen LogP) is 1.95. The Bertz CT molecular complexity index is 1170. The van der Waals surface area contributed by atoms with Gasteiger partial charge in [-0.1, -0.05) is 18.2 Å². The standard InChI is InChI=1S/C23H30FN2O9P/c1-13(2)33-22(30)14(3)26-36(31,35-16-8-6-5-7-9-16)32-12-17-20(29)23(4,24)21(34-17)15-10-18(27)25-19(28)11-15/h5-10,13-14,17,20-21,29H,11-12H2,1-4H3,(H,26,31)(H,25,27,28)/t14-,17+,20+,21-,23+,36?/m0/s1/i4+1D3. The summed E-state index contributed by atoms with van der Waals surface area (Å²) in [4.78, 5) is 36.0. The quantitative estimate of drug-likeness (QED) is 0.177. The summed E-state index contributed by atoms with van der Waals surface area (Å²) in [5.74, 6) is -2.42. The van der Waals surface area contributed by atoms with Gasteiger partial charge in [-0.15, -0.1) is 0 Å². The molecule has 1 aromatic carbocycles. The highest BCUT2D eigenvalue weighted by atomic mass is 31.2. The Labute approximate surface area is 212 Å². The van der Waals surface area contributed by atoms with Crippen LogP contribution in [0.1, 0.15) is 38.2 Å².